The molecule has 1 aromatic carbocycles. The van der Waals surface area contributed by atoms with Crippen LogP contribution in [-0.4, -0.2) is 38.2 Å². The molecule has 19 heavy (non-hydrogen) atoms. The Morgan fingerprint density at radius 2 is 1.74 bits per heavy atom. The Labute approximate surface area is 117 Å². The van der Waals surface area contributed by atoms with Gasteiger partial charge in [-0.3, -0.25) is 4.79 Å². The Hall–Kier alpha value is -1.35. The first-order valence-electron chi connectivity index (χ1n) is 6.83. The number of nitrogens with zero attached hydrogens (tertiary/aromatic N) is 1. The molecule has 0 bridgehead atoms. The molecule has 0 aliphatic rings. The monoisotopic (exact) mass is 266 g/mol. The highest BCUT2D eigenvalue weighted by molar-refractivity contribution is 5.65. The lowest BCUT2D eigenvalue weighted by Crippen LogP contribution is -2.33. The summed E-state index contributed by atoms with van der Waals surface area (Å²) < 4.78 is 5.63. The molecule has 0 radical (unpaired) electrons. The number of rotatable bonds is 5. The normalized spacial score (nSPS) is 10.4. The fourth-order valence-corrected chi connectivity index (χ4v) is 1.49. The molecule has 0 atom stereocenters. The zero-order chi connectivity index (χ0) is 14.7. The first kappa shape index (κ1) is 17.6. The molecule has 0 spiro atoms. The van der Waals surface area contributed by atoms with E-state index >= 15 is 0 Å². The van der Waals surface area contributed by atoms with Crippen molar-refractivity contribution in [3.05, 3.63) is 35.9 Å². The van der Waals surface area contributed by atoms with Crippen LogP contribution < -0.4 is 0 Å². The maximum Gasteiger partial charge on any atom is 0.302 e. The van der Waals surface area contributed by atoms with Gasteiger partial charge in [-0.05, 0) is 6.42 Å². The molecule has 0 aromatic heterocycles. The minimum Gasteiger partial charge on any atom is -0.466 e. The van der Waals surface area contributed by atoms with Gasteiger partial charge in [0, 0.05) is 12.5 Å². The number of esters is 1. The van der Waals surface area contributed by atoms with Gasteiger partial charge in [0.2, 0.25) is 0 Å². The van der Waals surface area contributed by atoms with Gasteiger partial charge in [-0.2, -0.15) is 0 Å². The van der Waals surface area contributed by atoms with Gasteiger partial charge in [0.15, 0.2) is 0 Å². The van der Waals surface area contributed by atoms with Crippen molar-refractivity contribution in [1.29, 1.82) is 0 Å². The van der Waals surface area contributed by atoms with Crippen LogP contribution in [-0.2, 0) is 16.1 Å². The summed E-state index contributed by atoms with van der Waals surface area (Å²) in [7, 11) is 6.60. The van der Waals surface area contributed by atoms with E-state index in [0.717, 1.165) is 23.9 Å². The Kier molecular flexibility index (Phi) is 8.88. The third-order valence-electron chi connectivity index (χ3n) is 2.30. The quantitative estimate of drug-likeness (QED) is 0.464. The van der Waals surface area contributed by atoms with E-state index < -0.39 is 0 Å². The first-order valence-corrected chi connectivity index (χ1v) is 6.83. The molecular formula is C16H28NO2+. The number of ether oxygens (including phenoxy) is 1. The van der Waals surface area contributed by atoms with Crippen molar-refractivity contribution in [1.82, 2.24) is 0 Å². The molecular weight excluding hydrogens is 238 g/mol. The van der Waals surface area contributed by atoms with Gasteiger partial charge in [0.25, 0.3) is 0 Å². The minimum atomic E-state index is -0.182. The molecule has 0 amide bonds. The smallest absolute Gasteiger partial charge is 0.302 e. The molecule has 0 aliphatic carbocycles. The number of unbranched alkanes of at least 4 members (excludes halogenated alkanes) is 1. The summed E-state index contributed by atoms with van der Waals surface area (Å²) in [6.45, 7) is 5.16. The van der Waals surface area contributed by atoms with E-state index in [1.165, 1.54) is 12.5 Å². The van der Waals surface area contributed by atoms with Crippen molar-refractivity contribution < 1.29 is 14.0 Å². The number of hydrogen-bond donors (Lipinski definition) is 0. The van der Waals surface area contributed by atoms with Gasteiger partial charge in [-0.25, -0.2) is 0 Å². The second-order valence-electron chi connectivity index (χ2n) is 5.63. The highest BCUT2D eigenvalue weighted by atomic mass is 16.5. The Bertz CT molecular complexity index is 342. The standard InChI is InChI=1S/C10H16N.C6H12O2/c1-11(2,3)9-10-7-5-4-6-8-10;1-3-4-5-8-6(2)7/h4-8H,9H2,1-3H3;3-5H2,1-2H3/q+1;. The fourth-order valence-electron chi connectivity index (χ4n) is 1.49. The van der Waals surface area contributed by atoms with Gasteiger partial charge in [-0.1, -0.05) is 43.7 Å². The zero-order valence-corrected chi connectivity index (χ0v) is 13.0. The van der Waals surface area contributed by atoms with Crippen LogP contribution >= 0.6 is 0 Å². The topological polar surface area (TPSA) is 26.3 Å². The molecule has 1 aromatic rings. The van der Waals surface area contributed by atoms with Gasteiger partial charge < -0.3 is 9.22 Å². The number of quaternary nitrogens is 1. The van der Waals surface area contributed by atoms with Gasteiger partial charge in [0.1, 0.15) is 6.54 Å². The van der Waals surface area contributed by atoms with E-state index in [1.807, 2.05) is 0 Å². The third kappa shape index (κ3) is 12.9. The molecule has 0 unspecified atom stereocenters. The predicted octanol–water partition coefficient (Wildman–Crippen LogP) is 3.24. The predicted molar refractivity (Wildman–Crippen MR) is 79.7 cm³/mol. The van der Waals surface area contributed by atoms with Gasteiger partial charge >= 0.3 is 5.97 Å². The largest absolute Gasteiger partial charge is 0.466 e. The summed E-state index contributed by atoms with van der Waals surface area (Å²) in [6, 6.07) is 10.6. The summed E-state index contributed by atoms with van der Waals surface area (Å²) in [4.78, 5) is 10.1. The molecule has 0 saturated heterocycles. The molecule has 3 nitrogen and oxygen atoms in total. The second-order valence-corrected chi connectivity index (χ2v) is 5.63. The maximum absolute atomic E-state index is 10.1. The Balaban J connectivity index is 0.000000362. The van der Waals surface area contributed by atoms with Crippen LogP contribution in [0.15, 0.2) is 30.3 Å². The van der Waals surface area contributed by atoms with Crippen molar-refractivity contribution in [3.8, 4) is 0 Å². The van der Waals surface area contributed by atoms with Crippen LogP contribution in [0.2, 0.25) is 0 Å². The minimum absolute atomic E-state index is 0.182. The number of carbonyl (C=O) groups excluding carboxylic acids is 1. The molecule has 1 rings (SSSR count). The summed E-state index contributed by atoms with van der Waals surface area (Å²) in [5.74, 6) is -0.182. The van der Waals surface area contributed by atoms with Crippen LogP contribution in [0.5, 0.6) is 0 Å². The van der Waals surface area contributed by atoms with Gasteiger partial charge in [0.05, 0.1) is 27.7 Å². The van der Waals surface area contributed by atoms with Crippen molar-refractivity contribution >= 4 is 5.97 Å². The number of hydrogen-bond acceptors (Lipinski definition) is 2. The Morgan fingerprint density at radius 3 is 2.16 bits per heavy atom. The van der Waals surface area contributed by atoms with Crippen LogP contribution in [0.4, 0.5) is 0 Å². The Morgan fingerprint density at radius 1 is 1.16 bits per heavy atom. The highest BCUT2D eigenvalue weighted by Crippen LogP contribution is 2.05. The lowest BCUT2D eigenvalue weighted by molar-refractivity contribution is -0.884. The van der Waals surface area contributed by atoms with E-state index in [1.54, 1.807) is 0 Å². The molecule has 3 heteroatoms. The third-order valence-corrected chi connectivity index (χ3v) is 2.30. The molecule has 108 valence electrons. The summed E-state index contributed by atoms with van der Waals surface area (Å²) in [5.41, 5.74) is 1.40. The maximum atomic E-state index is 10.1. The van der Waals surface area contributed by atoms with Gasteiger partial charge in [-0.15, -0.1) is 0 Å². The van der Waals surface area contributed by atoms with Crippen LogP contribution in [0, 0.1) is 0 Å². The second kappa shape index (κ2) is 9.56. The van der Waals surface area contributed by atoms with E-state index in [4.69, 9.17) is 0 Å². The van der Waals surface area contributed by atoms with E-state index in [2.05, 4.69) is 63.1 Å². The van der Waals surface area contributed by atoms with E-state index in [-0.39, 0.29) is 5.97 Å². The average Bonchev–Trinajstić information content (AvgIpc) is 2.29. The zero-order valence-electron chi connectivity index (χ0n) is 13.0. The number of benzene rings is 1. The van der Waals surface area contributed by atoms with E-state index in [0.29, 0.717) is 6.61 Å². The summed E-state index contributed by atoms with van der Waals surface area (Å²) >= 11 is 0. The molecule has 0 saturated carbocycles. The highest BCUT2D eigenvalue weighted by Gasteiger charge is 2.06. The first-order chi connectivity index (χ1) is 8.85. The number of carbonyl (C=O) groups is 1. The van der Waals surface area contributed by atoms with E-state index in [9.17, 15) is 4.79 Å². The van der Waals surface area contributed by atoms with Crippen LogP contribution in [0.1, 0.15) is 32.3 Å². The van der Waals surface area contributed by atoms with Crippen molar-refractivity contribution in [2.75, 3.05) is 27.7 Å². The van der Waals surface area contributed by atoms with Crippen LogP contribution in [0.3, 0.4) is 0 Å². The summed E-state index contributed by atoms with van der Waals surface area (Å²) in [6.07, 6.45) is 2.05. The molecule has 0 heterocycles. The molecule has 0 fully saturated rings. The summed E-state index contributed by atoms with van der Waals surface area (Å²) in [5, 5.41) is 0. The SMILES string of the molecule is CCCCOC(C)=O.C[N+](C)(C)Cc1ccccc1. The average molecular weight is 266 g/mol. The lowest BCUT2D eigenvalue weighted by Gasteiger charge is -2.23. The molecule has 0 aliphatic heterocycles. The van der Waals surface area contributed by atoms with Crippen molar-refractivity contribution in [3.63, 3.8) is 0 Å². The van der Waals surface area contributed by atoms with Crippen molar-refractivity contribution in [2.45, 2.75) is 33.2 Å². The van der Waals surface area contributed by atoms with Crippen molar-refractivity contribution in [2.24, 2.45) is 0 Å². The fraction of sp³-hybridized carbons (Fsp3) is 0.562. The molecule has 0 N–H and O–H groups in total. The van der Waals surface area contributed by atoms with Crippen LogP contribution in [0.25, 0.3) is 0 Å². The lowest BCUT2D eigenvalue weighted by atomic mass is 10.2.